The summed E-state index contributed by atoms with van der Waals surface area (Å²) in [5, 5.41) is 17.2. The molecule has 0 saturated carbocycles. The van der Waals surface area contributed by atoms with Gasteiger partial charge in [-0.3, -0.25) is 20.2 Å². The number of ether oxygens (including phenoxy) is 1. The van der Waals surface area contributed by atoms with Gasteiger partial charge >= 0.3 is 5.69 Å². The van der Waals surface area contributed by atoms with Crippen molar-refractivity contribution >= 4 is 63.9 Å². The van der Waals surface area contributed by atoms with Crippen molar-refractivity contribution in [1.82, 2.24) is 5.32 Å². The molecule has 0 fully saturated rings. The summed E-state index contributed by atoms with van der Waals surface area (Å²) in [5.74, 6) is 0.550. The van der Waals surface area contributed by atoms with Crippen LogP contribution in [0.3, 0.4) is 0 Å². The standard InChI is InChI=1S/C21H15Cl2N3O5S/c1-30-19-5-2-15(11-17(19)26(28)29)24-21(32)25-20(27)7-4-16-3-6-18(31-16)12-8-13(22)10-14(23)9-12/h2-11H,1H3,(H2,24,25,27,32)/b7-4+. The first-order chi connectivity index (χ1) is 15.2. The Morgan fingerprint density at radius 2 is 1.88 bits per heavy atom. The third-order valence-electron chi connectivity index (χ3n) is 4.04. The molecule has 0 spiro atoms. The summed E-state index contributed by atoms with van der Waals surface area (Å²) in [4.78, 5) is 22.7. The van der Waals surface area contributed by atoms with E-state index in [0.717, 1.165) is 0 Å². The summed E-state index contributed by atoms with van der Waals surface area (Å²) in [6, 6.07) is 12.6. The molecule has 0 aliphatic rings. The highest BCUT2D eigenvalue weighted by atomic mass is 35.5. The maximum absolute atomic E-state index is 12.1. The molecule has 0 bridgehead atoms. The second kappa shape index (κ2) is 10.3. The molecule has 1 amide bonds. The van der Waals surface area contributed by atoms with Crippen LogP contribution in [0.25, 0.3) is 17.4 Å². The number of furan rings is 1. The first-order valence-corrected chi connectivity index (χ1v) is 10.1. The third-order valence-corrected chi connectivity index (χ3v) is 4.68. The highest BCUT2D eigenvalue weighted by Gasteiger charge is 2.15. The van der Waals surface area contributed by atoms with E-state index in [4.69, 9.17) is 44.6 Å². The summed E-state index contributed by atoms with van der Waals surface area (Å²) in [7, 11) is 1.33. The molecule has 8 nitrogen and oxygen atoms in total. The van der Waals surface area contributed by atoms with Crippen LogP contribution in [0.4, 0.5) is 11.4 Å². The molecule has 0 atom stereocenters. The molecule has 1 aromatic heterocycles. The number of halogens is 2. The van der Waals surface area contributed by atoms with E-state index in [1.807, 2.05) is 0 Å². The van der Waals surface area contributed by atoms with E-state index in [1.54, 1.807) is 30.3 Å². The van der Waals surface area contributed by atoms with Gasteiger partial charge < -0.3 is 14.5 Å². The predicted molar refractivity (Wildman–Crippen MR) is 127 cm³/mol. The van der Waals surface area contributed by atoms with Gasteiger partial charge in [-0.05, 0) is 60.8 Å². The number of amides is 1. The molecule has 0 aliphatic carbocycles. The summed E-state index contributed by atoms with van der Waals surface area (Å²) >= 11 is 17.1. The molecule has 32 heavy (non-hydrogen) atoms. The number of nitrogens with one attached hydrogen (secondary N) is 2. The number of anilines is 1. The fourth-order valence-corrected chi connectivity index (χ4v) is 3.42. The number of thiocarbonyl (C=S) groups is 1. The van der Waals surface area contributed by atoms with Gasteiger partial charge in [0.15, 0.2) is 10.9 Å². The molecule has 164 valence electrons. The van der Waals surface area contributed by atoms with Crippen LogP contribution in [-0.2, 0) is 4.79 Å². The number of nitro benzene ring substituents is 1. The highest BCUT2D eigenvalue weighted by molar-refractivity contribution is 7.80. The van der Waals surface area contributed by atoms with Crippen molar-refractivity contribution in [2.45, 2.75) is 0 Å². The van der Waals surface area contributed by atoms with Crippen LogP contribution in [0.5, 0.6) is 5.75 Å². The Balaban J connectivity index is 1.61. The van der Waals surface area contributed by atoms with Crippen molar-refractivity contribution in [2.24, 2.45) is 0 Å². The number of rotatable bonds is 6. The van der Waals surface area contributed by atoms with Gasteiger partial charge in [-0.2, -0.15) is 0 Å². The Labute approximate surface area is 197 Å². The van der Waals surface area contributed by atoms with Gasteiger partial charge in [-0.15, -0.1) is 0 Å². The quantitative estimate of drug-likeness (QED) is 0.197. The second-order valence-corrected chi connectivity index (χ2v) is 7.56. The summed E-state index contributed by atoms with van der Waals surface area (Å²) < 4.78 is 10.6. The van der Waals surface area contributed by atoms with Crippen molar-refractivity contribution in [2.75, 3.05) is 12.4 Å². The third kappa shape index (κ3) is 6.07. The van der Waals surface area contributed by atoms with E-state index in [1.165, 1.54) is 37.5 Å². The van der Waals surface area contributed by atoms with Gasteiger partial charge in [-0.1, -0.05) is 23.2 Å². The predicted octanol–water partition coefficient (Wildman–Crippen LogP) is 5.70. The minimum absolute atomic E-state index is 0.0344. The van der Waals surface area contributed by atoms with Crippen LogP contribution in [0.2, 0.25) is 10.0 Å². The number of methoxy groups -OCH3 is 1. The van der Waals surface area contributed by atoms with Crippen LogP contribution in [0.1, 0.15) is 5.76 Å². The minimum atomic E-state index is -0.580. The molecular formula is C21H15Cl2N3O5S. The molecule has 3 aromatic rings. The topological polar surface area (TPSA) is 107 Å². The second-order valence-electron chi connectivity index (χ2n) is 6.28. The van der Waals surface area contributed by atoms with Crippen molar-refractivity contribution in [3.63, 3.8) is 0 Å². The number of benzene rings is 2. The van der Waals surface area contributed by atoms with Crippen molar-refractivity contribution in [3.05, 3.63) is 80.5 Å². The first kappa shape index (κ1) is 23.3. The van der Waals surface area contributed by atoms with Crippen molar-refractivity contribution < 1.29 is 18.9 Å². The summed E-state index contributed by atoms with van der Waals surface area (Å²) in [6.07, 6.45) is 2.70. The number of nitrogens with zero attached hydrogens (tertiary/aromatic N) is 1. The first-order valence-electron chi connectivity index (χ1n) is 8.94. The van der Waals surface area contributed by atoms with Crippen LogP contribution in [0, 0.1) is 10.1 Å². The van der Waals surface area contributed by atoms with Crippen molar-refractivity contribution in [1.29, 1.82) is 0 Å². The molecule has 0 saturated heterocycles. The van der Waals surface area contributed by atoms with E-state index in [2.05, 4.69) is 10.6 Å². The van der Waals surface area contributed by atoms with Crippen LogP contribution < -0.4 is 15.4 Å². The van der Waals surface area contributed by atoms with Gasteiger partial charge in [0, 0.05) is 33.4 Å². The lowest BCUT2D eigenvalue weighted by Gasteiger charge is -2.09. The number of carbonyl (C=O) groups is 1. The molecule has 2 N–H and O–H groups in total. The fourth-order valence-electron chi connectivity index (χ4n) is 2.68. The summed E-state index contributed by atoms with van der Waals surface area (Å²) in [5.41, 5.74) is 0.786. The highest BCUT2D eigenvalue weighted by Crippen LogP contribution is 2.30. The van der Waals surface area contributed by atoms with Gasteiger partial charge in [-0.25, -0.2) is 0 Å². The number of nitro groups is 1. The molecule has 1 heterocycles. The van der Waals surface area contributed by atoms with Crippen LogP contribution >= 0.6 is 35.4 Å². The van der Waals surface area contributed by atoms with Crippen LogP contribution in [-0.4, -0.2) is 23.1 Å². The average Bonchev–Trinajstić information content (AvgIpc) is 3.20. The van der Waals surface area contributed by atoms with E-state index in [9.17, 15) is 14.9 Å². The smallest absolute Gasteiger partial charge is 0.312 e. The Bertz CT molecular complexity index is 1210. The zero-order valence-corrected chi connectivity index (χ0v) is 18.8. The number of carbonyl (C=O) groups excluding carboxylic acids is 1. The Hall–Kier alpha value is -3.40. The van der Waals surface area contributed by atoms with Gasteiger partial charge in [0.05, 0.1) is 12.0 Å². The van der Waals surface area contributed by atoms with E-state index < -0.39 is 10.8 Å². The maximum Gasteiger partial charge on any atom is 0.312 e. The zero-order valence-electron chi connectivity index (χ0n) is 16.4. The lowest BCUT2D eigenvalue weighted by molar-refractivity contribution is -0.385. The lowest BCUT2D eigenvalue weighted by Crippen LogP contribution is -2.32. The molecule has 0 aliphatic heterocycles. The lowest BCUT2D eigenvalue weighted by atomic mass is 10.2. The maximum atomic E-state index is 12.1. The van der Waals surface area contributed by atoms with E-state index in [-0.39, 0.29) is 16.5 Å². The van der Waals surface area contributed by atoms with Gasteiger partial charge in [0.1, 0.15) is 11.5 Å². The van der Waals surface area contributed by atoms with E-state index in [0.29, 0.717) is 32.8 Å². The SMILES string of the molecule is COc1ccc(NC(=S)NC(=O)/C=C/c2ccc(-c3cc(Cl)cc(Cl)c3)o2)cc1[N+](=O)[O-]. The molecule has 11 heteroatoms. The molecule has 3 rings (SSSR count). The van der Waals surface area contributed by atoms with E-state index >= 15 is 0 Å². The van der Waals surface area contributed by atoms with Crippen molar-refractivity contribution in [3.8, 4) is 17.1 Å². The molecule has 2 aromatic carbocycles. The molecular weight excluding hydrogens is 477 g/mol. The molecule has 0 radical (unpaired) electrons. The minimum Gasteiger partial charge on any atom is -0.490 e. The van der Waals surface area contributed by atoms with Crippen LogP contribution in [0.15, 0.2) is 59.0 Å². The Morgan fingerprint density at radius 3 is 2.53 bits per heavy atom. The number of hydrogen-bond acceptors (Lipinski definition) is 6. The van der Waals surface area contributed by atoms with Gasteiger partial charge in [0.25, 0.3) is 0 Å². The fraction of sp³-hybridized carbons (Fsp3) is 0.0476. The largest absolute Gasteiger partial charge is 0.490 e. The Kier molecular flexibility index (Phi) is 7.47. The van der Waals surface area contributed by atoms with Gasteiger partial charge in [0.2, 0.25) is 5.91 Å². The Morgan fingerprint density at radius 1 is 1.16 bits per heavy atom. The monoisotopic (exact) mass is 491 g/mol. The zero-order chi connectivity index (χ0) is 23.3. The summed E-state index contributed by atoms with van der Waals surface area (Å²) in [6.45, 7) is 0. The average molecular weight is 492 g/mol. The number of hydrogen-bond donors (Lipinski definition) is 2. The normalized spacial score (nSPS) is 10.7. The molecule has 0 unspecified atom stereocenters.